The molecule has 7 nitrogen and oxygen atoms in total. The third-order valence-electron chi connectivity index (χ3n) is 3.94. The highest BCUT2D eigenvalue weighted by Gasteiger charge is 2.24. The van der Waals surface area contributed by atoms with Crippen molar-refractivity contribution in [3.05, 3.63) is 39.4 Å². The lowest BCUT2D eigenvalue weighted by molar-refractivity contribution is -0.385. The first-order valence-electron chi connectivity index (χ1n) is 7.49. The van der Waals surface area contributed by atoms with Gasteiger partial charge in [0.05, 0.1) is 11.5 Å². The minimum absolute atomic E-state index is 0.0451. The van der Waals surface area contributed by atoms with E-state index in [1.807, 2.05) is 0 Å². The lowest BCUT2D eigenvalue weighted by Crippen LogP contribution is -2.26. The fourth-order valence-corrected chi connectivity index (χ4v) is 2.53. The Kier molecular flexibility index (Phi) is 4.29. The van der Waals surface area contributed by atoms with E-state index < -0.39 is 4.92 Å². The Bertz CT molecular complexity index is 667. The molecule has 0 atom stereocenters. The number of nitro groups is 1. The first-order valence-corrected chi connectivity index (χ1v) is 7.49. The van der Waals surface area contributed by atoms with Gasteiger partial charge < -0.3 is 14.4 Å². The molecule has 3 rings (SSSR count). The van der Waals surface area contributed by atoms with Crippen molar-refractivity contribution in [2.75, 3.05) is 20.4 Å². The fourth-order valence-electron chi connectivity index (χ4n) is 2.53. The minimum atomic E-state index is -0.465. The third kappa shape index (κ3) is 3.68. The van der Waals surface area contributed by atoms with Gasteiger partial charge in [-0.1, -0.05) is 0 Å². The number of benzene rings is 1. The first kappa shape index (κ1) is 15.5. The molecule has 1 aliphatic carbocycles. The van der Waals surface area contributed by atoms with E-state index in [0.717, 1.165) is 6.54 Å². The summed E-state index contributed by atoms with van der Waals surface area (Å²) in [7, 11) is 1.76. The maximum Gasteiger partial charge on any atom is 0.270 e. The van der Waals surface area contributed by atoms with Crippen LogP contribution in [0.3, 0.4) is 0 Å². The van der Waals surface area contributed by atoms with Gasteiger partial charge in [0, 0.05) is 42.9 Å². The number of ether oxygens (including phenoxy) is 2. The van der Waals surface area contributed by atoms with Gasteiger partial charge in [-0.25, -0.2) is 0 Å². The zero-order chi connectivity index (χ0) is 16.4. The number of nitrogens with zero attached hydrogens (tertiary/aromatic N) is 2. The molecular formula is C16H18N2O5. The van der Waals surface area contributed by atoms with Crippen LogP contribution in [0.15, 0.2) is 18.2 Å². The topological polar surface area (TPSA) is 81.9 Å². The summed E-state index contributed by atoms with van der Waals surface area (Å²) in [6.07, 6.45) is 5.35. The molecule has 0 bridgehead atoms. The van der Waals surface area contributed by atoms with Crippen LogP contribution in [-0.4, -0.2) is 36.1 Å². The highest BCUT2D eigenvalue weighted by Crippen LogP contribution is 2.33. The van der Waals surface area contributed by atoms with Crippen LogP contribution < -0.4 is 4.74 Å². The standard InChI is InChI=1S/C16H18N2O5/c1-17(8-11-2-3-11)15(19)5-4-12-6-14(18(20)21)7-13-9-22-10-23-16(12)13/h4-7,11H,2-3,8-10H2,1H3/b5-4+. The van der Waals surface area contributed by atoms with Crippen LogP contribution in [0.1, 0.15) is 24.0 Å². The predicted molar refractivity (Wildman–Crippen MR) is 82.8 cm³/mol. The molecule has 0 aromatic heterocycles. The van der Waals surface area contributed by atoms with Gasteiger partial charge in [0.1, 0.15) is 5.75 Å². The molecule has 23 heavy (non-hydrogen) atoms. The molecule has 1 aromatic rings. The van der Waals surface area contributed by atoms with Crippen LogP contribution in [0.5, 0.6) is 5.75 Å². The number of hydrogen-bond donors (Lipinski definition) is 0. The number of hydrogen-bond acceptors (Lipinski definition) is 5. The van der Waals surface area contributed by atoms with Crippen molar-refractivity contribution in [2.24, 2.45) is 5.92 Å². The molecule has 0 N–H and O–H groups in total. The van der Waals surface area contributed by atoms with Crippen LogP contribution >= 0.6 is 0 Å². The molecule has 0 spiro atoms. The van der Waals surface area contributed by atoms with Crippen molar-refractivity contribution >= 4 is 17.7 Å². The van der Waals surface area contributed by atoms with Crippen LogP contribution in [0.2, 0.25) is 0 Å². The van der Waals surface area contributed by atoms with Gasteiger partial charge >= 0.3 is 0 Å². The third-order valence-corrected chi connectivity index (χ3v) is 3.94. The number of likely N-dealkylation sites (N-methyl/N-ethyl adjacent to an activating group) is 1. The Morgan fingerprint density at radius 1 is 1.48 bits per heavy atom. The maximum absolute atomic E-state index is 12.1. The van der Waals surface area contributed by atoms with E-state index >= 15 is 0 Å². The van der Waals surface area contributed by atoms with Crippen LogP contribution in [0.25, 0.3) is 6.08 Å². The van der Waals surface area contributed by atoms with Gasteiger partial charge in [0.2, 0.25) is 5.91 Å². The molecule has 1 aromatic carbocycles. The van der Waals surface area contributed by atoms with Crippen LogP contribution in [-0.2, 0) is 16.1 Å². The van der Waals surface area contributed by atoms with Crippen molar-refractivity contribution in [3.63, 3.8) is 0 Å². The van der Waals surface area contributed by atoms with Gasteiger partial charge in [0.15, 0.2) is 6.79 Å². The molecule has 1 fully saturated rings. The summed E-state index contributed by atoms with van der Waals surface area (Å²) in [5, 5.41) is 11.0. The minimum Gasteiger partial charge on any atom is -0.467 e. The van der Waals surface area contributed by atoms with E-state index in [2.05, 4.69) is 0 Å². The van der Waals surface area contributed by atoms with Crippen LogP contribution in [0, 0.1) is 16.0 Å². The van der Waals surface area contributed by atoms with Gasteiger partial charge in [-0.2, -0.15) is 0 Å². The lowest BCUT2D eigenvalue weighted by atomic mass is 10.1. The molecule has 7 heteroatoms. The molecule has 122 valence electrons. The summed E-state index contributed by atoms with van der Waals surface area (Å²) >= 11 is 0. The fraction of sp³-hybridized carbons (Fsp3) is 0.438. The molecule has 1 heterocycles. The van der Waals surface area contributed by atoms with E-state index in [0.29, 0.717) is 22.8 Å². The van der Waals surface area contributed by atoms with E-state index in [1.54, 1.807) is 18.0 Å². The second-order valence-electron chi connectivity index (χ2n) is 5.89. The zero-order valence-corrected chi connectivity index (χ0v) is 12.9. The van der Waals surface area contributed by atoms with Gasteiger partial charge in [-0.05, 0) is 24.8 Å². The van der Waals surface area contributed by atoms with Crippen molar-refractivity contribution in [3.8, 4) is 5.75 Å². The van der Waals surface area contributed by atoms with Crippen molar-refractivity contribution in [1.29, 1.82) is 0 Å². The number of rotatable bonds is 5. The van der Waals surface area contributed by atoms with Gasteiger partial charge in [-0.3, -0.25) is 14.9 Å². The first-order chi connectivity index (χ1) is 11.0. The molecular weight excluding hydrogens is 300 g/mol. The number of fused-ring (bicyclic) bond motifs is 1. The molecule has 0 radical (unpaired) electrons. The van der Waals surface area contributed by atoms with E-state index in [4.69, 9.17) is 9.47 Å². The molecule has 1 amide bonds. The van der Waals surface area contributed by atoms with Gasteiger partial charge in [0.25, 0.3) is 5.69 Å². The Morgan fingerprint density at radius 3 is 2.96 bits per heavy atom. The monoisotopic (exact) mass is 318 g/mol. The molecule has 1 saturated carbocycles. The molecule has 1 aliphatic heterocycles. The Labute approximate surface area is 133 Å². The predicted octanol–water partition coefficient (Wildman–Crippen LogP) is 2.34. The quantitative estimate of drug-likeness (QED) is 0.473. The van der Waals surface area contributed by atoms with Crippen LogP contribution in [0.4, 0.5) is 5.69 Å². The van der Waals surface area contributed by atoms with E-state index in [-0.39, 0.29) is 25.0 Å². The summed E-state index contributed by atoms with van der Waals surface area (Å²) in [5.74, 6) is 1.03. The smallest absolute Gasteiger partial charge is 0.270 e. The number of carbonyl (C=O) groups is 1. The largest absolute Gasteiger partial charge is 0.467 e. The summed E-state index contributed by atoms with van der Waals surface area (Å²) in [6.45, 7) is 1.11. The van der Waals surface area contributed by atoms with Crippen molar-refractivity contribution in [2.45, 2.75) is 19.4 Å². The Balaban J connectivity index is 1.82. The lowest BCUT2D eigenvalue weighted by Gasteiger charge is -2.19. The maximum atomic E-state index is 12.1. The van der Waals surface area contributed by atoms with Gasteiger partial charge in [-0.15, -0.1) is 0 Å². The molecule has 2 aliphatic rings. The highest BCUT2D eigenvalue weighted by atomic mass is 16.7. The second kappa shape index (κ2) is 6.37. The van der Waals surface area contributed by atoms with E-state index in [9.17, 15) is 14.9 Å². The second-order valence-corrected chi connectivity index (χ2v) is 5.89. The SMILES string of the molecule is CN(CC1CC1)C(=O)/C=C/c1cc([N+](=O)[O-])cc2c1OCOC2. The Morgan fingerprint density at radius 2 is 2.26 bits per heavy atom. The van der Waals surface area contributed by atoms with Crippen molar-refractivity contribution < 1.29 is 19.2 Å². The Hall–Kier alpha value is -2.41. The summed E-state index contributed by atoms with van der Waals surface area (Å²) < 4.78 is 10.6. The van der Waals surface area contributed by atoms with Crippen molar-refractivity contribution in [1.82, 2.24) is 4.90 Å². The summed E-state index contributed by atoms with van der Waals surface area (Å²) in [6, 6.07) is 2.85. The zero-order valence-electron chi connectivity index (χ0n) is 12.9. The average molecular weight is 318 g/mol. The average Bonchev–Trinajstić information content (AvgIpc) is 3.35. The summed E-state index contributed by atoms with van der Waals surface area (Å²) in [4.78, 5) is 24.3. The normalized spacial score (nSPS) is 16.7. The highest BCUT2D eigenvalue weighted by molar-refractivity contribution is 5.92. The van der Waals surface area contributed by atoms with E-state index in [1.165, 1.54) is 31.1 Å². The number of amides is 1. The number of carbonyl (C=O) groups excluding carboxylic acids is 1. The molecule has 0 saturated heterocycles. The number of nitro benzene ring substituents is 1. The number of non-ortho nitro benzene ring substituents is 1. The summed E-state index contributed by atoms with van der Waals surface area (Å²) in [5.41, 5.74) is 1.09. The molecule has 0 unspecified atom stereocenters.